The smallest absolute Gasteiger partial charge is 0.246 e. The lowest BCUT2D eigenvalue weighted by Gasteiger charge is -2.33. The van der Waals surface area contributed by atoms with Crippen molar-refractivity contribution in [3.63, 3.8) is 0 Å². The Morgan fingerprint density at radius 3 is 2.33 bits per heavy atom. The van der Waals surface area contributed by atoms with E-state index >= 15 is 0 Å². The van der Waals surface area contributed by atoms with Crippen LogP contribution in [0.15, 0.2) is 60.7 Å². The highest BCUT2D eigenvalue weighted by atomic mass is 32.2. The predicted octanol–water partition coefficient (Wildman–Crippen LogP) is 2.73. The number of carbonyl (C=O) groups excluding carboxylic acids is 2. The topological polar surface area (TPSA) is 78.7 Å². The molecule has 0 radical (unpaired) electrons. The highest BCUT2D eigenvalue weighted by molar-refractivity contribution is 7.99. The molecule has 1 aliphatic rings. The molecule has 1 fully saturated rings. The van der Waals surface area contributed by atoms with Crippen LogP contribution in [0.2, 0.25) is 0 Å². The van der Waals surface area contributed by atoms with E-state index in [1.807, 2.05) is 30.9 Å². The minimum Gasteiger partial charge on any atom is -0.343 e. The van der Waals surface area contributed by atoms with Crippen LogP contribution in [0.4, 0.5) is 0 Å². The van der Waals surface area contributed by atoms with E-state index in [0.29, 0.717) is 5.88 Å². The van der Waals surface area contributed by atoms with Crippen molar-refractivity contribution >= 4 is 23.6 Å². The first-order valence-corrected chi connectivity index (χ1v) is 12.8. The molecule has 0 saturated carbocycles. The number of thioether (sulfide) groups is 1. The van der Waals surface area contributed by atoms with Gasteiger partial charge in [0.15, 0.2) is 0 Å². The SMILES string of the molecule is CC(C)[C@H](NC(=O)CN)C(=O)N1CSC[C@H]1CN(CCc1ccccc1)Cc1ccccc1. The van der Waals surface area contributed by atoms with Gasteiger partial charge in [-0.2, -0.15) is 0 Å². The maximum absolute atomic E-state index is 13.4. The van der Waals surface area contributed by atoms with Crippen LogP contribution in [0.3, 0.4) is 0 Å². The van der Waals surface area contributed by atoms with Gasteiger partial charge in [0.25, 0.3) is 0 Å². The largest absolute Gasteiger partial charge is 0.343 e. The van der Waals surface area contributed by atoms with Gasteiger partial charge in [0.05, 0.1) is 18.5 Å². The van der Waals surface area contributed by atoms with Crippen molar-refractivity contribution in [2.45, 2.75) is 38.9 Å². The van der Waals surface area contributed by atoms with E-state index in [-0.39, 0.29) is 30.3 Å². The number of hydrogen-bond acceptors (Lipinski definition) is 5. The highest BCUT2D eigenvalue weighted by Gasteiger charge is 2.36. The van der Waals surface area contributed by atoms with Gasteiger partial charge < -0.3 is 16.0 Å². The number of nitrogens with one attached hydrogen (secondary N) is 1. The van der Waals surface area contributed by atoms with Gasteiger partial charge in [0, 0.05) is 25.4 Å². The summed E-state index contributed by atoms with van der Waals surface area (Å²) in [5, 5.41) is 2.83. The number of hydrogen-bond donors (Lipinski definition) is 2. The van der Waals surface area contributed by atoms with Gasteiger partial charge in [-0.25, -0.2) is 0 Å². The molecule has 0 unspecified atom stereocenters. The molecule has 0 aromatic heterocycles. The standard InChI is InChI=1S/C26H36N4O2S/c1-20(2)25(28-24(31)15-27)26(32)30-19-33-18-23(30)17-29(16-22-11-7-4-8-12-22)14-13-21-9-5-3-6-10-21/h3-12,20,23,25H,13-19,27H2,1-2H3,(H,28,31)/t23-,25+/m1/s1. The molecule has 1 heterocycles. The van der Waals surface area contributed by atoms with E-state index in [2.05, 4.69) is 58.7 Å². The summed E-state index contributed by atoms with van der Waals surface area (Å²) in [7, 11) is 0. The second-order valence-corrected chi connectivity index (χ2v) is 9.91. The average molecular weight is 469 g/mol. The molecule has 3 N–H and O–H groups in total. The fraction of sp³-hybridized carbons (Fsp3) is 0.462. The Labute approximate surface area is 201 Å². The summed E-state index contributed by atoms with van der Waals surface area (Å²) < 4.78 is 0. The molecule has 2 atom stereocenters. The zero-order valence-corrected chi connectivity index (χ0v) is 20.5. The number of amides is 2. The van der Waals surface area contributed by atoms with E-state index < -0.39 is 6.04 Å². The fourth-order valence-corrected chi connectivity index (χ4v) is 5.31. The number of rotatable bonds is 11. The Morgan fingerprint density at radius 1 is 1.09 bits per heavy atom. The van der Waals surface area contributed by atoms with E-state index in [4.69, 9.17) is 5.73 Å². The van der Waals surface area contributed by atoms with Crippen LogP contribution in [0, 0.1) is 5.92 Å². The third kappa shape index (κ3) is 7.59. The highest BCUT2D eigenvalue weighted by Crippen LogP contribution is 2.24. The lowest BCUT2D eigenvalue weighted by molar-refractivity contribution is -0.138. The minimum atomic E-state index is -0.547. The molecule has 1 aliphatic heterocycles. The number of nitrogens with two attached hydrogens (primary N) is 1. The molecular formula is C26H36N4O2S. The maximum atomic E-state index is 13.4. The summed E-state index contributed by atoms with van der Waals surface area (Å²) in [6, 6.07) is 20.6. The summed E-state index contributed by atoms with van der Waals surface area (Å²) in [5.74, 6) is 1.25. The first kappa shape index (κ1) is 25.3. The van der Waals surface area contributed by atoms with Gasteiger partial charge in [0.2, 0.25) is 11.8 Å². The molecule has 0 aliphatic carbocycles. The van der Waals surface area contributed by atoms with Crippen LogP contribution in [0.25, 0.3) is 0 Å². The van der Waals surface area contributed by atoms with E-state index in [0.717, 1.165) is 31.8 Å². The van der Waals surface area contributed by atoms with Crippen LogP contribution >= 0.6 is 11.8 Å². The summed E-state index contributed by atoms with van der Waals surface area (Å²) >= 11 is 1.78. The number of nitrogens with zero attached hydrogens (tertiary/aromatic N) is 2. The lowest BCUT2D eigenvalue weighted by atomic mass is 10.0. The van der Waals surface area contributed by atoms with Crippen molar-refractivity contribution in [3.8, 4) is 0 Å². The van der Waals surface area contributed by atoms with Crippen LogP contribution in [0.5, 0.6) is 0 Å². The molecule has 3 rings (SSSR count). The van der Waals surface area contributed by atoms with Crippen molar-refractivity contribution in [2.75, 3.05) is 31.3 Å². The second-order valence-electron chi connectivity index (χ2n) is 8.91. The van der Waals surface area contributed by atoms with Gasteiger partial charge in [0.1, 0.15) is 6.04 Å². The molecule has 0 spiro atoms. The summed E-state index contributed by atoms with van der Waals surface area (Å²) in [4.78, 5) is 29.7. The molecular weight excluding hydrogens is 432 g/mol. The third-order valence-corrected chi connectivity index (χ3v) is 7.06. The van der Waals surface area contributed by atoms with Crippen molar-refractivity contribution in [3.05, 3.63) is 71.8 Å². The molecule has 2 aromatic rings. The molecule has 2 amide bonds. The summed E-state index contributed by atoms with van der Waals surface area (Å²) in [6.45, 7) is 6.36. The normalized spacial score (nSPS) is 16.9. The third-order valence-electron chi connectivity index (χ3n) is 5.98. The molecule has 2 aromatic carbocycles. The molecule has 7 heteroatoms. The minimum absolute atomic E-state index is 0.00208. The molecule has 1 saturated heterocycles. The number of benzene rings is 2. The molecule has 0 bridgehead atoms. The van der Waals surface area contributed by atoms with Crippen molar-refractivity contribution in [1.29, 1.82) is 0 Å². The van der Waals surface area contributed by atoms with E-state index in [9.17, 15) is 9.59 Å². The van der Waals surface area contributed by atoms with Gasteiger partial charge in [-0.3, -0.25) is 14.5 Å². The predicted molar refractivity (Wildman–Crippen MR) is 136 cm³/mol. The van der Waals surface area contributed by atoms with E-state index in [1.54, 1.807) is 11.8 Å². The Bertz CT molecular complexity index is 878. The Balaban J connectivity index is 1.71. The first-order valence-electron chi connectivity index (χ1n) is 11.7. The zero-order valence-electron chi connectivity index (χ0n) is 19.7. The lowest BCUT2D eigenvalue weighted by Crippen LogP contribution is -2.55. The second kappa shape index (κ2) is 12.8. The van der Waals surface area contributed by atoms with Crippen LogP contribution in [-0.4, -0.2) is 65.0 Å². The summed E-state index contributed by atoms with van der Waals surface area (Å²) in [6.07, 6.45) is 0.961. The summed E-state index contributed by atoms with van der Waals surface area (Å²) in [5.41, 5.74) is 8.06. The van der Waals surface area contributed by atoms with Gasteiger partial charge >= 0.3 is 0 Å². The van der Waals surface area contributed by atoms with Crippen molar-refractivity contribution in [1.82, 2.24) is 15.1 Å². The Morgan fingerprint density at radius 2 is 1.73 bits per heavy atom. The quantitative estimate of drug-likeness (QED) is 0.530. The van der Waals surface area contributed by atoms with Gasteiger partial charge in [-0.05, 0) is 23.5 Å². The monoisotopic (exact) mass is 468 g/mol. The first-order chi connectivity index (χ1) is 16.0. The van der Waals surface area contributed by atoms with Gasteiger partial charge in [-0.1, -0.05) is 74.5 Å². The molecule has 6 nitrogen and oxygen atoms in total. The van der Waals surface area contributed by atoms with Crippen LogP contribution < -0.4 is 11.1 Å². The van der Waals surface area contributed by atoms with Crippen molar-refractivity contribution < 1.29 is 9.59 Å². The average Bonchev–Trinajstić information content (AvgIpc) is 3.29. The Hall–Kier alpha value is -2.35. The van der Waals surface area contributed by atoms with Crippen LogP contribution in [0.1, 0.15) is 25.0 Å². The van der Waals surface area contributed by atoms with Crippen molar-refractivity contribution in [2.24, 2.45) is 11.7 Å². The maximum Gasteiger partial charge on any atom is 0.246 e. The van der Waals surface area contributed by atoms with Crippen LogP contribution in [-0.2, 0) is 22.6 Å². The zero-order chi connectivity index (χ0) is 23.6. The fourth-order valence-electron chi connectivity index (χ4n) is 4.11. The Kier molecular flexibility index (Phi) is 9.78. The van der Waals surface area contributed by atoms with Gasteiger partial charge in [-0.15, -0.1) is 11.8 Å². The molecule has 33 heavy (non-hydrogen) atoms. The number of carbonyl (C=O) groups is 2. The van der Waals surface area contributed by atoms with E-state index in [1.165, 1.54) is 11.1 Å². The molecule has 178 valence electrons.